The van der Waals surface area contributed by atoms with Crippen LogP contribution in [0.5, 0.6) is 11.5 Å². The summed E-state index contributed by atoms with van der Waals surface area (Å²) in [5.74, 6) is -0.00873. The molecule has 1 aromatic carbocycles. The molecule has 1 aromatic rings. The van der Waals surface area contributed by atoms with Gasteiger partial charge < -0.3 is 24.2 Å². The highest BCUT2D eigenvalue weighted by atomic mass is 19.4. The summed E-state index contributed by atoms with van der Waals surface area (Å²) in [6.45, 7) is 4.71. The summed E-state index contributed by atoms with van der Waals surface area (Å²) in [7, 11) is 0. The van der Waals surface area contributed by atoms with Crippen LogP contribution in [0.1, 0.15) is 6.92 Å². The lowest BCUT2D eigenvalue weighted by atomic mass is 10.2. The van der Waals surface area contributed by atoms with E-state index in [2.05, 4.69) is 4.74 Å². The molecule has 27 heavy (non-hydrogen) atoms. The van der Waals surface area contributed by atoms with Crippen molar-refractivity contribution in [3.63, 3.8) is 0 Å². The van der Waals surface area contributed by atoms with Gasteiger partial charge in [0.1, 0.15) is 24.2 Å². The van der Waals surface area contributed by atoms with Crippen LogP contribution >= 0.6 is 0 Å². The molecule has 1 atom stereocenters. The highest BCUT2D eigenvalue weighted by molar-refractivity contribution is 5.67. The first-order valence-corrected chi connectivity index (χ1v) is 8.57. The molecule has 0 spiro atoms. The Morgan fingerprint density at radius 1 is 1.15 bits per heavy atom. The van der Waals surface area contributed by atoms with Gasteiger partial charge in [0.15, 0.2) is 0 Å². The molecular formula is C17H23F3N2O5. The lowest BCUT2D eigenvalue weighted by Crippen LogP contribution is -2.51. The van der Waals surface area contributed by atoms with Crippen molar-refractivity contribution in [2.45, 2.75) is 19.4 Å². The normalized spacial score (nSPS) is 16.7. The molecule has 0 saturated carbocycles. The van der Waals surface area contributed by atoms with Gasteiger partial charge in [-0.15, -0.1) is 13.2 Å². The molecule has 152 valence electrons. The van der Waals surface area contributed by atoms with Crippen LogP contribution in [-0.2, 0) is 4.74 Å². The minimum absolute atomic E-state index is 0.00242. The summed E-state index contributed by atoms with van der Waals surface area (Å²) in [5.41, 5.74) is 0. The van der Waals surface area contributed by atoms with Crippen molar-refractivity contribution >= 4 is 6.09 Å². The molecule has 0 unspecified atom stereocenters. The van der Waals surface area contributed by atoms with E-state index in [4.69, 9.17) is 9.47 Å². The maximum Gasteiger partial charge on any atom is 0.573 e. The van der Waals surface area contributed by atoms with E-state index in [-0.39, 0.29) is 18.4 Å². The van der Waals surface area contributed by atoms with Crippen molar-refractivity contribution in [1.82, 2.24) is 9.80 Å². The Morgan fingerprint density at radius 2 is 1.74 bits per heavy atom. The van der Waals surface area contributed by atoms with Crippen molar-refractivity contribution in [1.29, 1.82) is 0 Å². The molecule has 7 nitrogen and oxygen atoms in total. The van der Waals surface area contributed by atoms with E-state index in [1.54, 1.807) is 11.8 Å². The molecule has 10 heteroatoms. The maximum absolute atomic E-state index is 12.1. The third kappa shape index (κ3) is 7.51. The van der Waals surface area contributed by atoms with E-state index < -0.39 is 12.5 Å². The van der Waals surface area contributed by atoms with E-state index >= 15 is 0 Å². The molecule has 0 aromatic heterocycles. The van der Waals surface area contributed by atoms with Gasteiger partial charge in [0.2, 0.25) is 0 Å². The van der Waals surface area contributed by atoms with Gasteiger partial charge in [-0.3, -0.25) is 4.90 Å². The zero-order valence-corrected chi connectivity index (χ0v) is 14.9. The van der Waals surface area contributed by atoms with E-state index in [1.165, 1.54) is 12.1 Å². The van der Waals surface area contributed by atoms with Gasteiger partial charge in [-0.2, -0.15) is 0 Å². The number of carbonyl (C=O) groups excluding carboxylic acids is 1. The fourth-order valence-corrected chi connectivity index (χ4v) is 2.61. The van der Waals surface area contributed by atoms with Gasteiger partial charge in [0.05, 0.1) is 6.61 Å². The average molecular weight is 392 g/mol. The number of rotatable bonds is 7. The summed E-state index contributed by atoms with van der Waals surface area (Å²) in [5, 5.41) is 10.1. The summed E-state index contributed by atoms with van der Waals surface area (Å²) in [6, 6.07) is 4.96. The van der Waals surface area contributed by atoms with Crippen LogP contribution in [0.25, 0.3) is 0 Å². The lowest BCUT2D eigenvalue weighted by molar-refractivity contribution is -0.274. The molecule has 2 rings (SSSR count). The Balaban J connectivity index is 1.69. The number of piperazine rings is 1. The molecule has 1 aliphatic rings. The van der Waals surface area contributed by atoms with E-state index in [1.807, 2.05) is 4.90 Å². The molecule has 1 aliphatic heterocycles. The molecule has 1 N–H and O–H groups in total. The van der Waals surface area contributed by atoms with Gasteiger partial charge >= 0.3 is 12.5 Å². The second-order valence-corrected chi connectivity index (χ2v) is 5.97. The van der Waals surface area contributed by atoms with Gasteiger partial charge in [-0.05, 0) is 31.2 Å². The highest BCUT2D eigenvalue weighted by Gasteiger charge is 2.31. The number of hydrogen-bond acceptors (Lipinski definition) is 6. The molecule has 1 saturated heterocycles. The fourth-order valence-electron chi connectivity index (χ4n) is 2.61. The topological polar surface area (TPSA) is 71.5 Å². The van der Waals surface area contributed by atoms with Crippen LogP contribution in [0.2, 0.25) is 0 Å². The monoisotopic (exact) mass is 392 g/mol. The number of alkyl halides is 3. The number of carbonyl (C=O) groups is 1. The van der Waals surface area contributed by atoms with Gasteiger partial charge in [-0.25, -0.2) is 4.79 Å². The van der Waals surface area contributed by atoms with E-state index in [0.29, 0.717) is 45.1 Å². The fraction of sp³-hybridized carbons (Fsp3) is 0.588. The second kappa shape index (κ2) is 9.65. The quantitative estimate of drug-likeness (QED) is 0.766. The van der Waals surface area contributed by atoms with Gasteiger partial charge in [0, 0.05) is 32.7 Å². The summed E-state index contributed by atoms with van der Waals surface area (Å²) < 4.78 is 50.4. The van der Waals surface area contributed by atoms with Crippen molar-refractivity contribution in [3.05, 3.63) is 24.3 Å². The summed E-state index contributed by atoms with van der Waals surface area (Å²) in [6.07, 6.45) is -5.85. The lowest BCUT2D eigenvalue weighted by Gasteiger charge is -2.34. The highest BCUT2D eigenvalue weighted by Crippen LogP contribution is 2.24. The van der Waals surface area contributed by atoms with E-state index in [9.17, 15) is 23.1 Å². The molecule has 0 bridgehead atoms. The van der Waals surface area contributed by atoms with Crippen molar-refractivity contribution in [3.8, 4) is 11.5 Å². The molecule has 1 heterocycles. The van der Waals surface area contributed by atoms with Crippen molar-refractivity contribution in [2.75, 3.05) is 45.9 Å². The zero-order chi connectivity index (χ0) is 19.9. The Morgan fingerprint density at radius 3 is 2.30 bits per heavy atom. The number of aliphatic hydroxyl groups is 1. The molecule has 0 aliphatic carbocycles. The first-order valence-electron chi connectivity index (χ1n) is 8.57. The first-order chi connectivity index (χ1) is 12.8. The van der Waals surface area contributed by atoms with Crippen LogP contribution in [0, 0.1) is 0 Å². The summed E-state index contributed by atoms with van der Waals surface area (Å²) in [4.78, 5) is 15.3. The Bertz CT molecular complexity index is 589. The molecule has 1 amide bonds. The third-order valence-corrected chi connectivity index (χ3v) is 3.87. The van der Waals surface area contributed by atoms with Crippen LogP contribution < -0.4 is 9.47 Å². The molecular weight excluding hydrogens is 369 g/mol. The van der Waals surface area contributed by atoms with Gasteiger partial charge in [-0.1, -0.05) is 0 Å². The zero-order valence-electron chi connectivity index (χ0n) is 14.9. The van der Waals surface area contributed by atoms with Crippen molar-refractivity contribution < 1.29 is 37.3 Å². The van der Waals surface area contributed by atoms with Crippen LogP contribution in [0.3, 0.4) is 0 Å². The second-order valence-electron chi connectivity index (χ2n) is 5.97. The van der Waals surface area contributed by atoms with Gasteiger partial charge in [0.25, 0.3) is 0 Å². The standard InChI is InChI=1S/C17H23F3N2O5/c1-2-25-16(24)22-9-7-21(8-10-22)11-13(23)12-26-14-3-5-15(6-4-14)27-17(18,19)20/h3-6,13,23H,2,7-12H2,1H3/t13-/m0/s1. The number of halogens is 3. The number of amides is 1. The summed E-state index contributed by atoms with van der Waals surface area (Å²) >= 11 is 0. The van der Waals surface area contributed by atoms with Crippen LogP contribution in [0.4, 0.5) is 18.0 Å². The minimum Gasteiger partial charge on any atom is -0.491 e. The largest absolute Gasteiger partial charge is 0.573 e. The SMILES string of the molecule is CCOC(=O)N1CCN(C[C@H](O)COc2ccc(OC(F)(F)F)cc2)CC1. The maximum atomic E-state index is 12.1. The van der Waals surface area contributed by atoms with Crippen LogP contribution in [0.15, 0.2) is 24.3 Å². The van der Waals surface area contributed by atoms with E-state index in [0.717, 1.165) is 12.1 Å². The Hall–Kier alpha value is -2.20. The smallest absolute Gasteiger partial charge is 0.491 e. The van der Waals surface area contributed by atoms with Crippen molar-refractivity contribution in [2.24, 2.45) is 0 Å². The molecule has 1 fully saturated rings. The predicted molar refractivity (Wildman–Crippen MR) is 89.7 cm³/mol. The number of nitrogens with zero attached hydrogens (tertiary/aromatic N) is 2. The van der Waals surface area contributed by atoms with Crippen LogP contribution in [-0.4, -0.2) is 79.4 Å². The minimum atomic E-state index is -4.74. The Labute approximate surface area is 155 Å². The number of ether oxygens (including phenoxy) is 3. The average Bonchev–Trinajstić information content (AvgIpc) is 2.61. The third-order valence-electron chi connectivity index (χ3n) is 3.87. The predicted octanol–water partition coefficient (Wildman–Crippen LogP) is 2.10. The first kappa shape index (κ1) is 21.1. The number of aliphatic hydroxyl groups excluding tert-OH is 1. The number of hydrogen-bond donors (Lipinski definition) is 1. The number of benzene rings is 1. The number of β-amino-alcohol motifs (C(OH)–C–C–N with tert-alkyl or cyclic N) is 1. The molecule has 0 radical (unpaired) electrons. The Kier molecular flexibility index (Phi) is 7.55.